The number of rotatable bonds is 4. The van der Waals surface area contributed by atoms with Crippen molar-refractivity contribution < 1.29 is 23.1 Å². The normalized spacial score (nSPS) is 13.6. The van der Waals surface area contributed by atoms with Crippen LogP contribution in [0.25, 0.3) is 22.2 Å². The number of H-pyrrole nitrogens is 1. The predicted octanol–water partition coefficient (Wildman–Crippen LogP) is 4.49. The van der Waals surface area contributed by atoms with Gasteiger partial charge in [0.25, 0.3) is 0 Å². The van der Waals surface area contributed by atoms with Crippen molar-refractivity contribution in [2.45, 2.75) is 19.3 Å². The van der Waals surface area contributed by atoms with Gasteiger partial charge in [-0.1, -0.05) is 6.42 Å². The highest BCUT2D eigenvalue weighted by Crippen LogP contribution is 2.28. The van der Waals surface area contributed by atoms with Crippen molar-refractivity contribution >= 4 is 16.8 Å². The van der Waals surface area contributed by atoms with Gasteiger partial charge in [-0.05, 0) is 54.8 Å². The van der Waals surface area contributed by atoms with Crippen molar-refractivity contribution in [1.82, 2.24) is 9.88 Å². The molecule has 4 rings (SSSR count). The fraction of sp³-hybridized carbons (Fsp3) is 0.318. The third-order valence-electron chi connectivity index (χ3n) is 5.07. The van der Waals surface area contributed by atoms with E-state index in [0.29, 0.717) is 23.2 Å². The molecule has 0 spiro atoms. The van der Waals surface area contributed by atoms with Crippen LogP contribution in [-0.2, 0) is 4.79 Å². The first-order chi connectivity index (χ1) is 13.9. The number of amides is 1. The average molecular weight is 404 g/mol. The molecule has 154 valence electrons. The van der Waals surface area contributed by atoms with Crippen molar-refractivity contribution in [3.05, 3.63) is 59.9 Å². The molecule has 0 unspecified atom stereocenters. The van der Waals surface area contributed by atoms with E-state index >= 15 is 0 Å². The SMILES string of the molecule is CN(CCO)C(=O)C1CCC1.Fc1ccc(-c2cc3cc(F)cc(F)c3[nH]2)cc1. The molecule has 1 heterocycles. The number of carbonyl (C=O) groups is 1. The van der Waals surface area contributed by atoms with Crippen LogP contribution in [0.4, 0.5) is 13.2 Å². The summed E-state index contributed by atoms with van der Waals surface area (Å²) in [5.74, 6) is -1.15. The number of aliphatic hydroxyl groups excluding tert-OH is 1. The Bertz CT molecular complexity index is 982. The summed E-state index contributed by atoms with van der Waals surface area (Å²) < 4.78 is 39.4. The number of hydrogen-bond donors (Lipinski definition) is 2. The number of nitrogens with one attached hydrogen (secondary N) is 1. The fourth-order valence-electron chi connectivity index (χ4n) is 3.18. The van der Waals surface area contributed by atoms with Crippen LogP contribution in [0.2, 0.25) is 0 Å². The summed E-state index contributed by atoms with van der Waals surface area (Å²) in [5.41, 5.74) is 1.58. The lowest BCUT2D eigenvalue weighted by Crippen LogP contribution is -2.37. The minimum atomic E-state index is -0.640. The van der Waals surface area contributed by atoms with E-state index in [-0.39, 0.29) is 29.8 Å². The topological polar surface area (TPSA) is 56.3 Å². The van der Waals surface area contributed by atoms with Crippen LogP contribution in [0, 0.1) is 23.4 Å². The van der Waals surface area contributed by atoms with E-state index in [1.807, 2.05) is 0 Å². The zero-order valence-corrected chi connectivity index (χ0v) is 16.1. The number of carbonyl (C=O) groups excluding carboxylic acids is 1. The molecule has 3 aromatic rings. The van der Waals surface area contributed by atoms with Gasteiger partial charge in [-0.25, -0.2) is 13.2 Å². The fourth-order valence-corrected chi connectivity index (χ4v) is 3.18. The minimum Gasteiger partial charge on any atom is -0.395 e. The zero-order chi connectivity index (χ0) is 21.0. The van der Waals surface area contributed by atoms with Gasteiger partial charge in [0, 0.05) is 36.7 Å². The van der Waals surface area contributed by atoms with Crippen LogP contribution >= 0.6 is 0 Å². The molecule has 1 saturated carbocycles. The van der Waals surface area contributed by atoms with Crippen molar-refractivity contribution in [1.29, 1.82) is 0 Å². The van der Waals surface area contributed by atoms with Gasteiger partial charge in [0.15, 0.2) is 0 Å². The molecule has 1 aromatic heterocycles. The van der Waals surface area contributed by atoms with Gasteiger partial charge in [0.2, 0.25) is 5.91 Å². The molecular weight excluding hydrogens is 381 g/mol. The molecule has 0 atom stereocenters. The summed E-state index contributed by atoms with van der Waals surface area (Å²) >= 11 is 0. The monoisotopic (exact) mass is 404 g/mol. The molecule has 29 heavy (non-hydrogen) atoms. The third kappa shape index (κ3) is 4.98. The Balaban J connectivity index is 0.000000188. The summed E-state index contributed by atoms with van der Waals surface area (Å²) in [6.45, 7) is 0.532. The number of hydrogen-bond acceptors (Lipinski definition) is 2. The maximum atomic E-state index is 13.5. The first-order valence-electron chi connectivity index (χ1n) is 9.48. The second-order valence-corrected chi connectivity index (χ2v) is 7.15. The molecule has 7 heteroatoms. The molecule has 4 nitrogen and oxygen atoms in total. The highest BCUT2D eigenvalue weighted by molar-refractivity contribution is 5.86. The lowest BCUT2D eigenvalue weighted by atomic mass is 9.84. The Kier molecular flexibility index (Phi) is 6.59. The van der Waals surface area contributed by atoms with Crippen molar-refractivity contribution in [3.8, 4) is 11.3 Å². The molecule has 2 aromatic carbocycles. The van der Waals surface area contributed by atoms with Crippen molar-refractivity contribution in [2.24, 2.45) is 5.92 Å². The largest absolute Gasteiger partial charge is 0.395 e. The molecular formula is C22H23F3N2O2. The van der Waals surface area contributed by atoms with Gasteiger partial charge in [0.05, 0.1) is 12.1 Å². The number of aromatic nitrogens is 1. The van der Waals surface area contributed by atoms with E-state index in [0.717, 1.165) is 18.9 Å². The molecule has 1 aliphatic rings. The first-order valence-corrected chi connectivity index (χ1v) is 9.48. The van der Waals surface area contributed by atoms with Crippen LogP contribution in [0.15, 0.2) is 42.5 Å². The van der Waals surface area contributed by atoms with Crippen LogP contribution in [0.1, 0.15) is 19.3 Å². The van der Waals surface area contributed by atoms with Gasteiger partial charge < -0.3 is 15.0 Å². The number of aliphatic hydroxyl groups is 1. The number of halogens is 3. The number of likely N-dealkylation sites (N-methyl/N-ethyl adjacent to an activating group) is 1. The summed E-state index contributed by atoms with van der Waals surface area (Å²) in [5, 5.41) is 9.01. The molecule has 1 amide bonds. The maximum Gasteiger partial charge on any atom is 0.225 e. The van der Waals surface area contributed by atoms with Gasteiger partial charge in [-0.2, -0.15) is 0 Å². The Morgan fingerprint density at radius 2 is 1.79 bits per heavy atom. The highest BCUT2D eigenvalue weighted by atomic mass is 19.1. The van der Waals surface area contributed by atoms with Gasteiger partial charge >= 0.3 is 0 Å². The van der Waals surface area contributed by atoms with Crippen LogP contribution in [0.3, 0.4) is 0 Å². The number of fused-ring (bicyclic) bond motifs is 1. The number of benzene rings is 2. The molecule has 0 saturated heterocycles. The average Bonchev–Trinajstić information content (AvgIpc) is 3.06. The molecule has 2 N–H and O–H groups in total. The lowest BCUT2D eigenvalue weighted by Gasteiger charge is -2.28. The van der Waals surface area contributed by atoms with Crippen molar-refractivity contribution in [3.63, 3.8) is 0 Å². The lowest BCUT2D eigenvalue weighted by molar-refractivity contribution is -0.137. The summed E-state index contributed by atoms with van der Waals surface area (Å²) in [6.07, 6.45) is 3.26. The second-order valence-electron chi connectivity index (χ2n) is 7.15. The van der Waals surface area contributed by atoms with Crippen LogP contribution < -0.4 is 0 Å². The van der Waals surface area contributed by atoms with Crippen LogP contribution in [0.5, 0.6) is 0 Å². The molecule has 0 radical (unpaired) electrons. The Morgan fingerprint density at radius 1 is 1.10 bits per heavy atom. The van der Waals surface area contributed by atoms with Gasteiger partial charge in [-0.3, -0.25) is 4.79 Å². The first kappa shape index (κ1) is 20.9. The molecule has 0 bridgehead atoms. The molecule has 1 fully saturated rings. The third-order valence-corrected chi connectivity index (χ3v) is 5.07. The van der Waals surface area contributed by atoms with E-state index in [1.54, 1.807) is 30.1 Å². The Morgan fingerprint density at radius 3 is 2.38 bits per heavy atom. The predicted molar refractivity (Wildman–Crippen MR) is 106 cm³/mol. The van der Waals surface area contributed by atoms with Crippen LogP contribution in [-0.4, -0.2) is 41.1 Å². The van der Waals surface area contributed by atoms with E-state index in [2.05, 4.69) is 4.98 Å². The van der Waals surface area contributed by atoms with E-state index in [4.69, 9.17) is 5.11 Å². The molecule has 0 aliphatic heterocycles. The number of nitrogens with zero attached hydrogens (tertiary/aromatic N) is 1. The number of aromatic amines is 1. The smallest absolute Gasteiger partial charge is 0.225 e. The summed E-state index contributed by atoms with van der Waals surface area (Å²) in [7, 11) is 1.75. The second kappa shape index (κ2) is 9.13. The Labute approximate surface area is 167 Å². The Hall–Kier alpha value is -2.80. The standard InChI is InChI=1S/C14H8F3N.C8H15NO2/c15-10-3-1-8(2-4-10)13-6-9-5-11(16)7-12(17)14(9)18-13;1-9(5-6-10)8(11)7-3-2-4-7/h1-7,18H;7,10H,2-6H2,1H3. The zero-order valence-electron chi connectivity index (χ0n) is 16.1. The highest BCUT2D eigenvalue weighted by Gasteiger charge is 2.27. The van der Waals surface area contributed by atoms with E-state index in [9.17, 15) is 18.0 Å². The molecule has 1 aliphatic carbocycles. The van der Waals surface area contributed by atoms with E-state index < -0.39 is 11.6 Å². The maximum absolute atomic E-state index is 13.5. The summed E-state index contributed by atoms with van der Waals surface area (Å²) in [4.78, 5) is 15.8. The van der Waals surface area contributed by atoms with E-state index in [1.165, 1.54) is 24.6 Å². The minimum absolute atomic E-state index is 0.0644. The van der Waals surface area contributed by atoms with Gasteiger partial charge in [0.1, 0.15) is 17.5 Å². The summed E-state index contributed by atoms with van der Waals surface area (Å²) in [6, 6.07) is 9.50. The quantitative estimate of drug-likeness (QED) is 0.673. The van der Waals surface area contributed by atoms with Crippen molar-refractivity contribution in [2.75, 3.05) is 20.2 Å². The van der Waals surface area contributed by atoms with Gasteiger partial charge in [-0.15, -0.1) is 0 Å².